The maximum atomic E-state index is 12.3. The second-order valence-electron chi connectivity index (χ2n) is 4.22. The van der Waals surface area contributed by atoms with Crippen molar-refractivity contribution in [3.05, 3.63) is 58.3 Å². The number of hydrogen-bond acceptors (Lipinski definition) is 4. The monoisotopic (exact) mass is 289 g/mol. The minimum atomic E-state index is -0.792. The summed E-state index contributed by atoms with van der Waals surface area (Å²) < 4.78 is 0. The molecule has 0 aliphatic heterocycles. The number of rotatable bonds is 5. The number of nitrogens with zero attached hydrogens (tertiary/aromatic N) is 1. The van der Waals surface area contributed by atoms with Gasteiger partial charge in [0.25, 0.3) is 0 Å². The maximum absolute atomic E-state index is 12.3. The summed E-state index contributed by atoms with van der Waals surface area (Å²) in [5.74, 6) is -1.21. The molecule has 4 N–H and O–H groups in total. The summed E-state index contributed by atoms with van der Waals surface area (Å²) in [6, 6.07) is 10.9. The fourth-order valence-electron chi connectivity index (χ4n) is 1.84. The highest BCUT2D eigenvalue weighted by atomic mass is 32.1. The van der Waals surface area contributed by atoms with E-state index in [2.05, 4.69) is 10.5 Å². The Balaban J connectivity index is 2.13. The van der Waals surface area contributed by atoms with Crippen LogP contribution < -0.4 is 11.1 Å². The zero-order chi connectivity index (χ0) is 14.4. The summed E-state index contributed by atoms with van der Waals surface area (Å²) in [4.78, 5) is 12.3. The van der Waals surface area contributed by atoms with Crippen molar-refractivity contribution in [1.29, 1.82) is 0 Å². The average molecular weight is 289 g/mol. The van der Waals surface area contributed by atoms with Crippen molar-refractivity contribution in [3.63, 3.8) is 0 Å². The SMILES string of the molecule is NC(=NO)C(C(=O)NCc1ccsc1)c1ccccc1. The third-order valence-corrected chi connectivity index (χ3v) is 3.59. The van der Waals surface area contributed by atoms with Gasteiger partial charge >= 0.3 is 0 Å². The largest absolute Gasteiger partial charge is 0.409 e. The maximum Gasteiger partial charge on any atom is 0.235 e. The van der Waals surface area contributed by atoms with E-state index in [-0.39, 0.29) is 11.7 Å². The van der Waals surface area contributed by atoms with Crippen LogP contribution in [0.3, 0.4) is 0 Å². The van der Waals surface area contributed by atoms with Crippen molar-refractivity contribution >= 4 is 23.1 Å². The molecule has 0 fully saturated rings. The number of carbonyl (C=O) groups excluding carboxylic acids is 1. The summed E-state index contributed by atoms with van der Waals surface area (Å²) in [6.45, 7) is 0.421. The van der Waals surface area contributed by atoms with E-state index in [1.54, 1.807) is 35.6 Å². The minimum absolute atomic E-state index is 0.126. The Labute approximate surface area is 120 Å². The van der Waals surface area contributed by atoms with E-state index >= 15 is 0 Å². The van der Waals surface area contributed by atoms with Crippen LogP contribution in [0, 0.1) is 0 Å². The van der Waals surface area contributed by atoms with E-state index in [9.17, 15) is 4.79 Å². The van der Waals surface area contributed by atoms with Crippen LogP contribution >= 0.6 is 11.3 Å². The van der Waals surface area contributed by atoms with Crippen LogP contribution in [0.15, 0.2) is 52.3 Å². The highest BCUT2D eigenvalue weighted by molar-refractivity contribution is 7.07. The van der Waals surface area contributed by atoms with Crippen LogP contribution in [0.1, 0.15) is 17.0 Å². The topological polar surface area (TPSA) is 87.7 Å². The molecule has 1 aromatic heterocycles. The average Bonchev–Trinajstić information content (AvgIpc) is 2.99. The first kappa shape index (κ1) is 14.1. The third-order valence-electron chi connectivity index (χ3n) is 2.85. The lowest BCUT2D eigenvalue weighted by Gasteiger charge is -2.15. The van der Waals surface area contributed by atoms with Gasteiger partial charge in [-0.2, -0.15) is 11.3 Å². The van der Waals surface area contributed by atoms with E-state index in [4.69, 9.17) is 10.9 Å². The summed E-state index contributed by atoms with van der Waals surface area (Å²) in [7, 11) is 0. The summed E-state index contributed by atoms with van der Waals surface area (Å²) in [6.07, 6.45) is 0. The first-order chi connectivity index (χ1) is 9.72. The number of hydrogen-bond donors (Lipinski definition) is 3. The number of carbonyl (C=O) groups is 1. The molecule has 0 spiro atoms. The van der Waals surface area contributed by atoms with Gasteiger partial charge in [-0.25, -0.2) is 0 Å². The van der Waals surface area contributed by atoms with Gasteiger partial charge in [-0.3, -0.25) is 4.79 Å². The molecule has 2 aromatic rings. The standard InChI is InChI=1S/C14H15N3O2S/c15-13(17-19)12(11-4-2-1-3-5-11)14(18)16-8-10-6-7-20-9-10/h1-7,9,12,19H,8H2,(H2,15,17)(H,16,18). The van der Waals surface area contributed by atoms with Crippen LogP contribution in [-0.2, 0) is 11.3 Å². The Kier molecular flexibility index (Phi) is 4.73. The lowest BCUT2D eigenvalue weighted by Crippen LogP contribution is -2.36. The molecule has 1 amide bonds. The van der Waals surface area contributed by atoms with Crippen LogP contribution in [-0.4, -0.2) is 17.0 Å². The number of benzene rings is 1. The Morgan fingerprint density at radius 3 is 2.70 bits per heavy atom. The lowest BCUT2D eigenvalue weighted by molar-refractivity contribution is -0.121. The predicted molar refractivity (Wildman–Crippen MR) is 78.8 cm³/mol. The van der Waals surface area contributed by atoms with E-state index in [1.165, 1.54) is 0 Å². The number of nitrogens with two attached hydrogens (primary N) is 1. The van der Waals surface area contributed by atoms with Crippen LogP contribution in [0.4, 0.5) is 0 Å². The molecular weight excluding hydrogens is 274 g/mol. The molecule has 2 rings (SSSR count). The smallest absolute Gasteiger partial charge is 0.235 e. The highest BCUT2D eigenvalue weighted by Crippen LogP contribution is 2.16. The Bertz CT molecular complexity index is 582. The van der Waals surface area contributed by atoms with Gasteiger partial charge in [0.15, 0.2) is 5.84 Å². The molecule has 1 atom stereocenters. The van der Waals surface area contributed by atoms with Crippen molar-refractivity contribution in [2.75, 3.05) is 0 Å². The second-order valence-corrected chi connectivity index (χ2v) is 5.00. The Morgan fingerprint density at radius 2 is 2.10 bits per heavy atom. The molecule has 1 unspecified atom stereocenters. The summed E-state index contributed by atoms with van der Waals surface area (Å²) >= 11 is 1.57. The zero-order valence-electron chi connectivity index (χ0n) is 10.7. The molecule has 0 aliphatic rings. The van der Waals surface area contributed by atoms with Gasteiger partial charge in [0.1, 0.15) is 5.92 Å². The van der Waals surface area contributed by atoms with Crippen molar-refractivity contribution in [3.8, 4) is 0 Å². The normalized spacial score (nSPS) is 12.9. The van der Waals surface area contributed by atoms with Crippen molar-refractivity contribution < 1.29 is 10.0 Å². The molecule has 1 heterocycles. The highest BCUT2D eigenvalue weighted by Gasteiger charge is 2.24. The quantitative estimate of drug-likeness (QED) is 0.340. The van der Waals surface area contributed by atoms with E-state index in [0.717, 1.165) is 5.56 Å². The van der Waals surface area contributed by atoms with Crippen molar-refractivity contribution in [2.45, 2.75) is 12.5 Å². The van der Waals surface area contributed by atoms with Gasteiger partial charge in [0.05, 0.1) is 0 Å². The molecule has 0 saturated heterocycles. The molecular formula is C14H15N3O2S. The Hall–Kier alpha value is -2.34. The molecule has 104 valence electrons. The lowest BCUT2D eigenvalue weighted by atomic mass is 9.97. The molecule has 6 heteroatoms. The van der Waals surface area contributed by atoms with Crippen molar-refractivity contribution in [2.24, 2.45) is 10.9 Å². The molecule has 20 heavy (non-hydrogen) atoms. The summed E-state index contributed by atoms with van der Waals surface area (Å²) in [5, 5.41) is 18.5. The van der Waals surface area contributed by atoms with Gasteiger partial charge in [-0.05, 0) is 28.0 Å². The summed E-state index contributed by atoms with van der Waals surface area (Å²) in [5.41, 5.74) is 7.35. The number of oxime groups is 1. The van der Waals surface area contributed by atoms with Gasteiger partial charge in [0, 0.05) is 6.54 Å². The minimum Gasteiger partial charge on any atom is -0.409 e. The van der Waals surface area contributed by atoms with Gasteiger partial charge in [-0.1, -0.05) is 35.5 Å². The van der Waals surface area contributed by atoms with E-state index in [1.807, 2.05) is 22.9 Å². The van der Waals surface area contributed by atoms with Crippen LogP contribution in [0.2, 0.25) is 0 Å². The zero-order valence-corrected chi connectivity index (χ0v) is 11.5. The Morgan fingerprint density at radius 1 is 1.35 bits per heavy atom. The molecule has 0 aliphatic carbocycles. The van der Waals surface area contributed by atoms with Gasteiger partial charge in [-0.15, -0.1) is 0 Å². The van der Waals surface area contributed by atoms with Gasteiger partial charge in [0.2, 0.25) is 5.91 Å². The fourth-order valence-corrected chi connectivity index (χ4v) is 2.51. The van der Waals surface area contributed by atoms with Gasteiger partial charge < -0.3 is 16.3 Å². The molecule has 5 nitrogen and oxygen atoms in total. The molecule has 0 saturated carbocycles. The first-order valence-electron chi connectivity index (χ1n) is 6.03. The van der Waals surface area contributed by atoms with Crippen molar-refractivity contribution in [1.82, 2.24) is 5.32 Å². The number of amides is 1. The molecule has 0 bridgehead atoms. The number of nitrogens with one attached hydrogen (secondary N) is 1. The number of thiophene rings is 1. The van der Waals surface area contributed by atoms with E-state index in [0.29, 0.717) is 12.1 Å². The van der Waals surface area contributed by atoms with Crippen LogP contribution in [0.5, 0.6) is 0 Å². The van der Waals surface area contributed by atoms with E-state index < -0.39 is 5.92 Å². The first-order valence-corrected chi connectivity index (χ1v) is 6.98. The third kappa shape index (κ3) is 3.36. The predicted octanol–water partition coefficient (Wildman–Crippen LogP) is 1.89. The van der Waals surface area contributed by atoms with Crippen LogP contribution in [0.25, 0.3) is 0 Å². The fraction of sp³-hybridized carbons (Fsp3) is 0.143. The number of amidine groups is 1. The second kappa shape index (κ2) is 6.72. The molecule has 1 aromatic carbocycles. The molecule has 0 radical (unpaired) electrons.